The minimum Gasteiger partial charge on any atom is -0.462 e. The number of rotatable bonds is 7. The standard InChI is InChI=1S/C30H34N10OS2/c1-17-7-8-19(38(3)12-17)13-41-29-36-27(39(4)18(2)20-6-5-9-35-25(20)33)22(11-32)28(37-29)40-15-30(16-40)24-21(10-31)26(34)43-23(24)14-42-30/h5-6,9,18-19H,1,7-8,12-16,34H2,2-4H3,(H2,33,35)/t18-,19+/m1/s1. The Hall–Kier alpha value is -4.04. The highest BCUT2D eigenvalue weighted by Crippen LogP contribution is 2.58. The Labute approximate surface area is 259 Å². The fourth-order valence-corrected chi connectivity index (χ4v) is 9.02. The largest absolute Gasteiger partial charge is 0.462 e. The Morgan fingerprint density at radius 3 is 2.72 bits per heavy atom. The second-order valence-corrected chi connectivity index (χ2v) is 14.0. The van der Waals surface area contributed by atoms with E-state index in [1.165, 1.54) is 16.9 Å². The summed E-state index contributed by atoms with van der Waals surface area (Å²) < 4.78 is 6.01. The van der Waals surface area contributed by atoms with Crippen molar-refractivity contribution in [2.75, 3.05) is 61.6 Å². The number of fused-ring (bicyclic) bond motifs is 2. The maximum Gasteiger partial charge on any atom is 0.320 e. The van der Waals surface area contributed by atoms with Crippen LogP contribution in [0.4, 0.5) is 22.5 Å². The number of thiophene rings is 1. The van der Waals surface area contributed by atoms with Crippen LogP contribution >= 0.6 is 23.1 Å². The maximum absolute atomic E-state index is 10.5. The van der Waals surface area contributed by atoms with Crippen molar-refractivity contribution >= 4 is 45.6 Å². The third-order valence-electron chi connectivity index (χ3n) is 8.78. The number of nitrogens with zero attached hydrogens (tertiary/aromatic N) is 8. The van der Waals surface area contributed by atoms with Gasteiger partial charge in [-0.2, -0.15) is 20.5 Å². The number of anilines is 4. The minimum absolute atomic E-state index is 0.206. The number of pyridine rings is 1. The number of piperidine rings is 1. The number of hydrogen-bond acceptors (Lipinski definition) is 13. The third-order valence-corrected chi connectivity index (χ3v) is 11.4. The average Bonchev–Trinajstić information content (AvgIpc) is 3.50. The highest BCUT2D eigenvalue weighted by atomic mass is 32.2. The molecule has 2 fully saturated rings. The molecular weight excluding hydrogens is 581 g/mol. The van der Waals surface area contributed by atoms with Crippen molar-refractivity contribution in [3.63, 3.8) is 0 Å². The Bertz CT molecular complexity index is 1670. The molecule has 6 heterocycles. The SMILES string of the molecule is C=C1CC[C@@H](COc2nc(N3CC4(C3)SCc3sc(N)c(C#N)c34)c(C#N)c(N(C)[C@H](C)c3cccnc3N)n2)N(C)C1. The molecular formula is C30H34N10OS2. The van der Waals surface area contributed by atoms with E-state index >= 15 is 0 Å². The first-order chi connectivity index (χ1) is 20.7. The second-order valence-electron chi connectivity index (χ2n) is 11.5. The van der Waals surface area contributed by atoms with Crippen LogP contribution in [0.5, 0.6) is 6.01 Å². The monoisotopic (exact) mass is 614 g/mol. The molecule has 1 spiro atoms. The van der Waals surface area contributed by atoms with Gasteiger partial charge in [0.1, 0.15) is 35.1 Å². The van der Waals surface area contributed by atoms with Crippen molar-refractivity contribution in [3.05, 3.63) is 57.6 Å². The molecule has 0 saturated carbocycles. The first-order valence-electron chi connectivity index (χ1n) is 14.1. The fraction of sp³-hybridized carbons (Fsp3) is 0.433. The second kappa shape index (κ2) is 11.2. The lowest BCUT2D eigenvalue weighted by molar-refractivity contribution is 0.139. The van der Waals surface area contributed by atoms with Gasteiger partial charge in [0.15, 0.2) is 11.6 Å². The van der Waals surface area contributed by atoms with Crippen molar-refractivity contribution in [3.8, 4) is 18.1 Å². The van der Waals surface area contributed by atoms with E-state index in [1.807, 2.05) is 42.8 Å². The van der Waals surface area contributed by atoms with Gasteiger partial charge in [0.25, 0.3) is 0 Å². The molecule has 43 heavy (non-hydrogen) atoms. The van der Waals surface area contributed by atoms with Crippen LogP contribution in [-0.2, 0) is 10.5 Å². The Balaban J connectivity index is 1.35. The molecule has 13 heteroatoms. The summed E-state index contributed by atoms with van der Waals surface area (Å²) in [6.45, 7) is 8.58. The quantitative estimate of drug-likeness (QED) is 0.369. The maximum atomic E-state index is 10.5. The van der Waals surface area contributed by atoms with Gasteiger partial charge in [0.05, 0.1) is 16.4 Å². The smallest absolute Gasteiger partial charge is 0.320 e. The zero-order chi connectivity index (χ0) is 30.5. The average molecular weight is 615 g/mol. The van der Waals surface area contributed by atoms with Crippen LogP contribution < -0.4 is 26.0 Å². The number of hydrogen-bond donors (Lipinski definition) is 2. The highest BCUT2D eigenvalue weighted by molar-refractivity contribution is 8.00. The number of aromatic nitrogens is 3. The lowest BCUT2D eigenvalue weighted by Gasteiger charge is -2.48. The van der Waals surface area contributed by atoms with Crippen LogP contribution in [0.15, 0.2) is 30.5 Å². The van der Waals surface area contributed by atoms with Crippen molar-refractivity contribution < 1.29 is 4.74 Å². The number of nitrogens with two attached hydrogens (primary N) is 2. The molecule has 6 rings (SSSR count). The zero-order valence-corrected chi connectivity index (χ0v) is 26.1. The summed E-state index contributed by atoms with van der Waals surface area (Å²) in [5.41, 5.74) is 16.4. The van der Waals surface area contributed by atoms with E-state index in [0.29, 0.717) is 53.3 Å². The fourth-order valence-electron chi connectivity index (χ4n) is 6.21. The molecule has 0 aromatic carbocycles. The van der Waals surface area contributed by atoms with E-state index in [4.69, 9.17) is 26.2 Å². The predicted octanol–water partition coefficient (Wildman–Crippen LogP) is 4.03. The van der Waals surface area contributed by atoms with E-state index in [0.717, 1.165) is 41.1 Å². The van der Waals surface area contributed by atoms with Crippen LogP contribution in [0, 0.1) is 22.7 Å². The van der Waals surface area contributed by atoms with E-state index in [9.17, 15) is 10.5 Å². The van der Waals surface area contributed by atoms with Crippen LogP contribution in [0.2, 0.25) is 0 Å². The Kier molecular flexibility index (Phi) is 7.59. The molecule has 3 aromatic heterocycles. The van der Waals surface area contributed by atoms with Crippen molar-refractivity contribution in [2.45, 2.75) is 42.3 Å². The molecule has 11 nitrogen and oxygen atoms in total. The Morgan fingerprint density at radius 1 is 1.26 bits per heavy atom. The summed E-state index contributed by atoms with van der Waals surface area (Å²) in [6, 6.07) is 8.67. The van der Waals surface area contributed by atoms with Crippen LogP contribution in [0.3, 0.4) is 0 Å². The zero-order valence-electron chi connectivity index (χ0n) is 24.5. The molecule has 0 aliphatic carbocycles. The summed E-state index contributed by atoms with van der Waals surface area (Å²) in [5.74, 6) is 2.23. The topological polar surface area (TPSA) is 157 Å². The van der Waals surface area contributed by atoms with Crippen LogP contribution in [0.25, 0.3) is 0 Å². The third kappa shape index (κ3) is 5.01. The molecule has 3 aromatic rings. The molecule has 4 N–H and O–H groups in total. The molecule has 0 unspecified atom stereocenters. The number of ether oxygens (including phenoxy) is 1. The minimum atomic E-state index is -0.260. The molecule has 2 atom stereocenters. The van der Waals surface area contributed by atoms with Gasteiger partial charge in [-0.15, -0.1) is 23.1 Å². The van der Waals surface area contributed by atoms with Gasteiger partial charge in [0, 0.05) is 60.7 Å². The van der Waals surface area contributed by atoms with Gasteiger partial charge in [-0.1, -0.05) is 18.2 Å². The highest BCUT2D eigenvalue weighted by Gasteiger charge is 2.53. The normalized spacial score (nSPS) is 19.8. The summed E-state index contributed by atoms with van der Waals surface area (Å²) >= 11 is 3.33. The summed E-state index contributed by atoms with van der Waals surface area (Å²) in [4.78, 5) is 21.3. The molecule has 222 valence electrons. The van der Waals surface area contributed by atoms with E-state index in [2.05, 4.69) is 40.5 Å². The number of thioether (sulfide) groups is 1. The van der Waals surface area contributed by atoms with E-state index in [1.54, 1.807) is 6.20 Å². The molecule has 0 radical (unpaired) electrons. The van der Waals surface area contributed by atoms with Crippen molar-refractivity contribution in [1.82, 2.24) is 19.9 Å². The first-order valence-corrected chi connectivity index (χ1v) is 15.9. The molecule has 0 bridgehead atoms. The van der Waals surface area contributed by atoms with E-state index in [-0.39, 0.29) is 22.8 Å². The summed E-state index contributed by atoms with van der Waals surface area (Å²) in [7, 11) is 3.96. The van der Waals surface area contributed by atoms with Gasteiger partial charge in [-0.3, -0.25) is 4.90 Å². The van der Waals surface area contributed by atoms with Gasteiger partial charge in [-0.05, 0) is 32.9 Å². The lowest BCUT2D eigenvalue weighted by Crippen LogP contribution is -2.57. The number of likely N-dealkylation sites (N-methyl/N-ethyl adjacent to an activating group) is 1. The summed E-state index contributed by atoms with van der Waals surface area (Å²) in [6.07, 6.45) is 3.56. The van der Waals surface area contributed by atoms with Gasteiger partial charge < -0.3 is 26.0 Å². The molecule has 3 aliphatic rings. The number of nitrogen functional groups attached to an aromatic ring is 2. The van der Waals surface area contributed by atoms with E-state index < -0.39 is 0 Å². The van der Waals surface area contributed by atoms with Gasteiger partial charge in [0.2, 0.25) is 0 Å². The molecule has 3 aliphatic heterocycles. The number of likely N-dealkylation sites (tertiary alicyclic amines) is 1. The van der Waals surface area contributed by atoms with Gasteiger partial charge in [-0.25, -0.2) is 4.98 Å². The van der Waals surface area contributed by atoms with Crippen LogP contribution in [0.1, 0.15) is 52.9 Å². The molecule has 2 saturated heterocycles. The van der Waals surface area contributed by atoms with Crippen LogP contribution in [-0.4, -0.2) is 66.2 Å². The van der Waals surface area contributed by atoms with Gasteiger partial charge >= 0.3 is 6.01 Å². The molecule has 0 amide bonds. The Morgan fingerprint density at radius 2 is 2.02 bits per heavy atom. The lowest BCUT2D eigenvalue weighted by atomic mass is 9.88. The predicted molar refractivity (Wildman–Crippen MR) is 171 cm³/mol. The number of nitriles is 2. The van der Waals surface area contributed by atoms with Crippen molar-refractivity contribution in [1.29, 1.82) is 10.5 Å². The van der Waals surface area contributed by atoms with Crippen molar-refractivity contribution in [2.24, 2.45) is 0 Å². The summed E-state index contributed by atoms with van der Waals surface area (Å²) in [5, 5.41) is 20.9. The first kappa shape index (κ1) is 29.1.